The normalized spacial score (nSPS) is 20.9. The zero-order chi connectivity index (χ0) is 17.2. The third-order valence-corrected chi connectivity index (χ3v) is 5.28. The van der Waals surface area contributed by atoms with E-state index < -0.39 is 5.60 Å². The zero-order valence-corrected chi connectivity index (χ0v) is 14.8. The number of hydrogen-bond acceptors (Lipinski definition) is 6. The molecule has 1 aliphatic rings. The van der Waals surface area contributed by atoms with E-state index in [0.29, 0.717) is 24.4 Å². The van der Waals surface area contributed by atoms with Crippen LogP contribution in [0.5, 0.6) is 0 Å². The molecule has 1 atom stereocenters. The summed E-state index contributed by atoms with van der Waals surface area (Å²) in [5.74, 6) is 0.719. The molecule has 6 nitrogen and oxygen atoms in total. The van der Waals surface area contributed by atoms with Gasteiger partial charge in [0.25, 0.3) is 5.91 Å². The van der Waals surface area contributed by atoms with Crippen LogP contribution in [0.2, 0.25) is 0 Å². The van der Waals surface area contributed by atoms with Crippen molar-refractivity contribution in [3.8, 4) is 0 Å². The first-order valence-corrected chi connectivity index (χ1v) is 8.89. The van der Waals surface area contributed by atoms with Gasteiger partial charge in [-0.15, -0.1) is 11.3 Å². The van der Waals surface area contributed by atoms with Crippen molar-refractivity contribution in [3.63, 3.8) is 0 Å². The molecule has 1 fully saturated rings. The zero-order valence-electron chi connectivity index (χ0n) is 14.0. The second-order valence-corrected chi connectivity index (χ2v) is 7.37. The molecule has 1 N–H and O–H groups in total. The van der Waals surface area contributed by atoms with Crippen molar-refractivity contribution in [1.29, 1.82) is 0 Å². The average Bonchev–Trinajstić information content (AvgIpc) is 3.01. The number of β-amino-alcohol motifs (C(OH)–C–C–N with tert-alkyl or cyclic N) is 1. The van der Waals surface area contributed by atoms with Crippen molar-refractivity contribution in [2.75, 3.05) is 31.6 Å². The standard InChI is InChI=1S/C17H22N4O2S/c1-13-8-14(24-10-13)16(22)20(2)11-17(23)4-3-7-21(12-17)15-9-18-5-6-19-15/h5-6,8-10,23H,3-4,7,11-12H2,1-2H3/t17-/m1/s1. The lowest BCUT2D eigenvalue weighted by molar-refractivity contribution is -0.0000220. The fourth-order valence-corrected chi connectivity index (χ4v) is 4.03. The first-order chi connectivity index (χ1) is 11.5. The molecular formula is C17H22N4O2S. The summed E-state index contributed by atoms with van der Waals surface area (Å²) < 4.78 is 0. The smallest absolute Gasteiger partial charge is 0.263 e. The van der Waals surface area contributed by atoms with Crippen LogP contribution in [0.25, 0.3) is 0 Å². The SMILES string of the molecule is Cc1csc(C(=O)N(C)C[C@]2(O)CCCN(c3cnccn3)C2)c1. The Labute approximate surface area is 145 Å². The van der Waals surface area contributed by atoms with E-state index in [2.05, 4.69) is 9.97 Å². The second kappa shape index (κ2) is 6.86. The van der Waals surface area contributed by atoms with Crippen LogP contribution in [0, 0.1) is 6.92 Å². The highest BCUT2D eigenvalue weighted by Crippen LogP contribution is 2.26. The molecule has 0 aliphatic carbocycles. The van der Waals surface area contributed by atoms with Crippen LogP contribution >= 0.6 is 11.3 Å². The summed E-state index contributed by atoms with van der Waals surface area (Å²) in [6, 6.07) is 1.89. The molecule has 3 rings (SSSR count). The third-order valence-electron chi connectivity index (χ3n) is 4.25. The second-order valence-electron chi connectivity index (χ2n) is 6.46. The van der Waals surface area contributed by atoms with Gasteiger partial charge >= 0.3 is 0 Å². The van der Waals surface area contributed by atoms with Crippen molar-refractivity contribution < 1.29 is 9.90 Å². The number of nitrogens with zero attached hydrogens (tertiary/aromatic N) is 4. The van der Waals surface area contributed by atoms with Gasteiger partial charge in [-0.2, -0.15) is 0 Å². The van der Waals surface area contributed by atoms with Gasteiger partial charge in [-0.25, -0.2) is 4.98 Å². The van der Waals surface area contributed by atoms with Crippen LogP contribution in [0.3, 0.4) is 0 Å². The molecule has 0 radical (unpaired) electrons. The molecule has 3 heterocycles. The summed E-state index contributed by atoms with van der Waals surface area (Å²) in [7, 11) is 1.75. The predicted molar refractivity (Wildman–Crippen MR) is 94.4 cm³/mol. The van der Waals surface area contributed by atoms with Gasteiger partial charge in [-0.3, -0.25) is 9.78 Å². The largest absolute Gasteiger partial charge is 0.386 e. The molecule has 0 bridgehead atoms. The van der Waals surface area contributed by atoms with Crippen LogP contribution in [-0.2, 0) is 0 Å². The lowest BCUT2D eigenvalue weighted by Crippen LogP contribution is -2.54. The van der Waals surface area contributed by atoms with Crippen molar-refractivity contribution in [2.24, 2.45) is 0 Å². The number of hydrogen-bond donors (Lipinski definition) is 1. The maximum Gasteiger partial charge on any atom is 0.263 e. The van der Waals surface area contributed by atoms with Crippen molar-refractivity contribution in [1.82, 2.24) is 14.9 Å². The summed E-state index contributed by atoms with van der Waals surface area (Å²) in [4.78, 5) is 25.3. The van der Waals surface area contributed by atoms with Gasteiger partial charge in [-0.1, -0.05) is 0 Å². The van der Waals surface area contributed by atoms with Crippen LogP contribution in [-0.4, -0.2) is 58.2 Å². The van der Waals surface area contributed by atoms with Gasteiger partial charge in [0.05, 0.1) is 23.2 Å². The first-order valence-electron chi connectivity index (χ1n) is 8.01. The Hall–Kier alpha value is -1.99. The predicted octanol–water partition coefficient (Wildman–Crippen LogP) is 1.95. The van der Waals surface area contributed by atoms with E-state index in [9.17, 15) is 9.90 Å². The summed E-state index contributed by atoms with van der Waals surface area (Å²) >= 11 is 1.44. The Morgan fingerprint density at radius 1 is 1.50 bits per heavy atom. The molecule has 128 valence electrons. The molecule has 0 aromatic carbocycles. The molecule has 2 aromatic heterocycles. The Morgan fingerprint density at radius 2 is 2.33 bits per heavy atom. The number of piperidine rings is 1. The number of aryl methyl sites for hydroxylation is 1. The third kappa shape index (κ3) is 3.73. The van der Waals surface area contributed by atoms with E-state index in [1.807, 2.05) is 23.3 Å². The topological polar surface area (TPSA) is 69.6 Å². The Bertz CT molecular complexity index is 706. The minimum absolute atomic E-state index is 0.0434. The maximum atomic E-state index is 12.5. The number of carbonyl (C=O) groups excluding carboxylic acids is 1. The van der Waals surface area contributed by atoms with Crippen molar-refractivity contribution in [2.45, 2.75) is 25.4 Å². The average molecular weight is 346 g/mol. The number of anilines is 1. The molecule has 2 aromatic rings. The molecule has 0 unspecified atom stereocenters. The molecule has 0 saturated carbocycles. The summed E-state index contributed by atoms with van der Waals surface area (Å²) in [6.07, 6.45) is 6.51. The lowest BCUT2D eigenvalue weighted by Gasteiger charge is -2.41. The van der Waals surface area contributed by atoms with E-state index in [0.717, 1.165) is 24.3 Å². The van der Waals surface area contributed by atoms with Gasteiger partial charge < -0.3 is 14.9 Å². The number of thiophene rings is 1. The minimum atomic E-state index is -0.938. The number of carbonyl (C=O) groups is 1. The molecule has 0 spiro atoms. The van der Waals surface area contributed by atoms with E-state index in [-0.39, 0.29) is 5.91 Å². The van der Waals surface area contributed by atoms with E-state index in [1.54, 1.807) is 30.5 Å². The Balaban J connectivity index is 1.67. The molecule has 1 aliphatic heterocycles. The fourth-order valence-electron chi connectivity index (χ4n) is 3.14. The van der Waals surface area contributed by atoms with Gasteiger partial charge in [0.1, 0.15) is 5.82 Å². The summed E-state index contributed by atoms with van der Waals surface area (Å²) in [6.45, 7) is 3.57. The highest BCUT2D eigenvalue weighted by Gasteiger charge is 2.36. The minimum Gasteiger partial charge on any atom is -0.386 e. The van der Waals surface area contributed by atoms with Gasteiger partial charge in [-0.05, 0) is 36.8 Å². The fraction of sp³-hybridized carbons (Fsp3) is 0.471. The van der Waals surface area contributed by atoms with Crippen LogP contribution < -0.4 is 4.90 Å². The van der Waals surface area contributed by atoms with Crippen LogP contribution in [0.15, 0.2) is 30.0 Å². The number of rotatable bonds is 4. The lowest BCUT2D eigenvalue weighted by atomic mass is 9.92. The summed E-state index contributed by atoms with van der Waals surface area (Å²) in [5, 5.41) is 13.0. The number of amides is 1. The van der Waals surface area contributed by atoms with E-state index in [1.165, 1.54) is 11.3 Å². The number of aliphatic hydroxyl groups is 1. The van der Waals surface area contributed by atoms with Gasteiger partial charge in [0.2, 0.25) is 0 Å². The van der Waals surface area contributed by atoms with E-state index in [4.69, 9.17) is 0 Å². The molecule has 24 heavy (non-hydrogen) atoms. The van der Waals surface area contributed by atoms with Crippen molar-refractivity contribution in [3.05, 3.63) is 40.5 Å². The number of aromatic nitrogens is 2. The summed E-state index contributed by atoms with van der Waals surface area (Å²) in [5.41, 5.74) is 0.147. The maximum absolute atomic E-state index is 12.5. The molecule has 1 amide bonds. The number of likely N-dealkylation sites (N-methyl/N-ethyl adjacent to an activating group) is 1. The van der Waals surface area contributed by atoms with E-state index >= 15 is 0 Å². The Kier molecular flexibility index (Phi) is 4.82. The Morgan fingerprint density at radius 3 is 3.00 bits per heavy atom. The van der Waals surface area contributed by atoms with Gasteiger partial charge in [0.15, 0.2) is 0 Å². The highest BCUT2D eigenvalue weighted by atomic mass is 32.1. The van der Waals surface area contributed by atoms with Crippen LogP contribution in [0.1, 0.15) is 28.1 Å². The monoisotopic (exact) mass is 346 g/mol. The molecule has 1 saturated heterocycles. The van der Waals surface area contributed by atoms with Gasteiger partial charge in [0, 0.05) is 32.5 Å². The van der Waals surface area contributed by atoms with Crippen LogP contribution in [0.4, 0.5) is 5.82 Å². The molecular weight excluding hydrogens is 324 g/mol. The highest BCUT2D eigenvalue weighted by molar-refractivity contribution is 7.12. The first kappa shape index (κ1) is 16.9. The quantitative estimate of drug-likeness (QED) is 0.916. The molecule has 7 heteroatoms. The van der Waals surface area contributed by atoms with Crippen molar-refractivity contribution >= 4 is 23.1 Å².